The van der Waals surface area contributed by atoms with Crippen molar-refractivity contribution in [3.05, 3.63) is 51.5 Å². The fraction of sp³-hybridized carbons (Fsp3) is 0.250. The topological polar surface area (TPSA) is 17.8 Å². The zero-order valence-corrected chi connectivity index (χ0v) is 11.9. The molecule has 0 fully saturated rings. The molecule has 2 aromatic rings. The minimum atomic E-state index is -4.25. The highest BCUT2D eigenvalue weighted by molar-refractivity contribution is 9.10. The molecule has 0 aliphatic carbocycles. The number of halogens is 5. The summed E-state index contributed by atoms with van der Waals surface area (Å²) in [5, 5.41) is 0.558. The Balaban J connectivity index is 2.19. The van der Waals surface area contributed by atoms with E-state index in [1.54, 1.807) is 18.2 Å². The summed E-state index contributed by atoms with van der Waals surface area (Å²) in [4.78, 5) is 3.96. The SMILES string of the molecule is FC(F)(F)Cn1ccnc1Cc1ccc(Cl)c(Br)c1. The molecule has 0 radical (unpaired) electrons. The van der Waals surface area contributed by atoms with Crippen LogP contribution < -0.4 is 0 Å². The molecule has 0 unspecified atom stereocenters. The first kappa shape index (κ1) is 14.4. The molecule has 2 rings (SSSR count). The van der Waals surface area contributed by atoms with Gasteiger partial charge in [0.05, 0.1) is 5.02 Å². The summed E-state index contributed by atoms with van der Waals surface area (Å²) < 4.78 is 39.0. The molecule has 19 heavy (non-hydrogen) atoms. The number of hydrogen-bond acceptors (Lipinski definition) is 1. The fourth-order valence-corrected chi connectivity index (χ4v) is 2.22. The Labute approximate surface area is 121 Å². The van der Waals surface area contributed by atoms with Crippen molar-refractivity contribution in [1.82, 2.24) is 9.55 Å². The van der Waals surface area contributed by atoms with Crippen LogP contribution in [-0.2, 0) is 13.0 Å². The lowest BCUT2D eigenvalue weighted by Gasteiger charge is -2.11. The second-order valence-electron chi connectivity index (χ2n) is 4.01. The average molecular weight is 354 g/mol. The van der Waals surface area contributed by atoms with Gasteiger partial charge in [0.15, 0.2) is 0 Å². The minimum Gasteiger partial charge on any atom is -0.326 e. The zero-order valence-electron chi connectivity index (χ0n) is 9.59. The Hall–Kier alpha value is -1.01. The molecule has 1 aromatic heterocycles. The van der Waals surface area contributed by atoms with Gasteiger partial charge in [0.25, 0.3) is 0 Å². The van der Waals surface area contributed by atoms with Crippen molar-refractivity contribution in [3.63, 3.8) is 0 Å². The van der Waals surface area contributed by atoms with Gasteiger partial charge in [0.1, 0.15) is 12.4 Å². The molecule has 0 N–H and O–H groups in total. The molecule has 1 heterocycles. The van der Waals surface area contributed by atoms with Gasteiger partial charge in [0.2, 0.25) is 0 Å². The highest BCUT2D eigenvalue weighted by atomic mass is 79.9. The van der Waals surface area contributed by atoms with E-state index < -0.39 is 12.7 Å². The third kappa shape index (κ3) is 3.98. The number of aromatic nitrogens is 2. The summed E-state index contributed by atoms with van der Waals surface area (Å²) in [6.07, 6.45) is -1.24. The summed E-state index contributed by atoms with van der Waals surface area (Å²) in [6, 6.07) is 5.23. The van der Waals surface area contributed by atoms with Crippen molar-refractivity contribution in [2.45, 2.75) is 19.1 Å². The molecule has 1 aromatic carbocycles. The Kier molecular flexibility index (Phi) is 4.20. The van der Waals surface area contributed by atoms with Gasteiger partial charge in [-0.1, -0.05) is 17.7 Å². The summed E-state index contributed by atoms with van der Waals surface area (Å²) in [5.74, 6) is 0.367. The van der Waals surface area contributed by atoms with Crippen LogP contribution >= 0.6 is 27.5 Å². The Morgan fingerprint density at radius 3 is 2.68 bits per heavy atom. The van der Waals surface area contributed by atoms with Crippen molar-refractivity contribution >= 4 is 27.5 Å². The molecule has 0 aliphatic heterocycles. The van der Waals surface area contributed by atoms with Gasteiger partial charge in [-0.25, -0.2) is 4.98 Å². The van der Waals surface area contributed by atoms with E-state index in [1.807, 2.05) is 0 Å². The number of imidazole rings is 1. The predicted molar refractivity (Wildman–Crippen MR) is 70.2 cm³/mol. The molecule has 0 amide bonds. The van der Waals surface area contributed by atoms with E-state index in [1.165, 1.54) is 12.4 Å². The van der Waals surface area contributed by atoms with Crippen LogP contribution in [0.4, 0.5) is 13.2 Å². The molecule has 0 atom stereocenters. The van der Waals surface area contributed by atoms with Crippen molar-refractivity contribution < 1.29 is 13.2 Å². The first-order chi connectivity index (χ1) is 8.85. The van der Waals surface area contributed by atoms with Crippen LogP contribution in [0.2, 0.25) is 5.02 Å². The normalized spacial score (nSPS) is 11.8. The molecule has 102 valence electrons. The Bertz CT molecular complexity index is 581. The summed E-state index contributed by atoms with van der Waals surface area (Å²) >= 11 is 9.14. The van der Waals surface area contributed by atoms with Crippen LogP contribution in [0.3, 0.4) is 0 Å². The van der Waals surface area contributed by atoms with Gasteiger partial charge >= 0.3 is 6.18 Å². The predicted octanol–water partition coefficient (Wildman–Crippen LogP) is 4.45. The van der Waals surface area contributed by atoms with E-state index in [0.717, 1.165) is 10.1 Å². The van der Waals surface area contributed by atoms with E-state index in [2.05, 4.69) is 20.9 Å². The first-order valence-corrected chi connectivity index (χ1v) is 6.53. The highest BCUT2D eigenvalue weighted by Crippen LogP contribution is 2.25. The molecular formula is C12H9BrClF3N2. The van der Waals surface area contributed by atoms with Gasteiger partial charge < -0.3 is 4.57 Å². The second kappa shape index (κ2) is 5.54. The maximum Gasteiger partial charge on any atom is 0.406 e. The van der Waals surface area contributed by atoms with E-state index in [4.69, 9.17) is 11.6 Å². The van der Waals surface area contributed by atoms with Crippen LogP contribution in [0, 0.1) is 0 Å². The van der Waals surface area contributed by atoms with Gasteiger partial charge in [0, 0.05) is 23.3 Å². The summed E-state index contributed by atoms with van der Waals surface area (Å²) in [6.45, 7) is -1.03. The van der Waals surface area contributed by atoms with Gasteiger partial charge in [-0.2, -0.15) is 13.2 Å². The van der Waals surface area contributed by atoms with Crippen molar-refractivity contribution in [3.8, 4) is 0 Å². The summed E-state index contributed by atoms with van der Waals surface area (Å²) in [7, 11) is 0. The molecule has 0 bridgehead atoms. The van der Waals surface area contributed by atoms with Gasteiger partial charge in [-0.15, -0.1) is 0 Å². The molecule has 0 saturated carbocycles. The standard InChI is InChI=1S/C12H9BrClF3N2/c13-9-5-8(1-2-10(9)14)6-11-18-3-4-19(11)7-12(15,16)17/h1-5H,6-7H2. The molecule has 0 aliphatic rings. The van der Waals surface area contributed by atoms with Gasteiger partial charge in [-0.05, 0) is 33.6 Å². The minimum absolute atomic E-state index is 0.318. The number of alkyl halides is 3. The van der Waals surface area contributed by atoms with Crippen molar-refractivity contribution in [2.75, 3.05) is 0 Å². The Morgan fingerprint density at radius 1 is 1.32 bits per heavy atom. The molecule has 2 nitrogen and oxygen atoms in total. The van der Waals surface area contributed by atoms with Crippen molar-refractivity contribution in [2.24, 2.45) is 0 Å². The number of hydrogen-bond donors (Lipinski definition) is 0. The summed E-state index contributed by atoms with van der Waals surface area (Å²) in [5.41, 5.74) is 0.839. The lowest BCUT2D eigenvalue weighted by Crippen LogP contribution is -2.19. The second-order valence-corrected chi connectivity index (χ2v) is 5.27. The van der Waals surface area contributed by atoms with E-state index in [9.17, 15) is 13.2 Å². The van der Waals surface area contributed by atoms with Crippen LogP contribution in [0.1, 0.15) is 11.4 Å². The van der Waals surface area contributed by atoms with Crippen LogP contribution in [0.25, 0.3) is 0 Å². The lowest BCUT2D eigenvalue weighted by atomic mass is 10.1. The molecule has 0 spiro atoms. The lowest BCUT2D eigenvalue weighted by molar-refractivity contribution is -0.141. The van der Waals surface area contributed by atoms with Crippen LogP contribution in [0.5, 0.6) is 0 Å². The van der Waals surface area contributed by atoms with E-state index in [0.29, 0.717) is 21.7 Å². The maximum atomic E-state index is 12.4. The monoisotopic (exact) mass is 352 g/mol. The maximum absolute atomic E-state index is 12.4. The number of benzene rings is 1. The fourth-order valence-electron chi connectivity index (χ4n) is 1.68. The number of rotatable bonds is 3. The van der Waals surface area contributed by atoms with E-state index in [-0.39, 0.29) is 0 Å². The van der Waals surface area contributed by atoms with Crippen LogP contribution in [0.15, 0.2) is 35.1 Å². The largest absolute Gasteiger partial charge is 0.406 e. The molecule has 0 saturated heterocycles. The molecular weight excluding hydrogens is 344 g/mol. The average Bonchev–Trinajstić information content (AvgIpc) is 2.69. The third-order valence-corrected chi connectivity index (χ3v) is 3.71. The zero-order chi connectivity index (χ0) is 14.0. The van der Waals surface area contributed by atoms with Crippen molar-refractivity contribution in [1.29, 1.82) is 0 Å². The van der Waals surface area contributed by atoms with Gasteiger partial charge in [-0.3, -0.25) is 0 Å². The smallest absolute Gasteiger partial charge is 0.326 e. The highest BCUT2D eigenvalue weighted by Gasteiger charge is 2.28. The Morgan fingerprint density at radius 2 is 2.05 bits per heavy atom. The van der Waals surface area contributed by atoms with Crippen LogP contribution in [-0.4, -0.2) is 15.7 Å². The third-order valence-electron chi connectivity index (χ3n) is 2.50. The molecule has 7 heteroatoms. The number of nitrogens with zero attached hydrogens (tertiary/aromatic N) is 2. The quantitative estimate of drug-likeness (QED) is 0.797. The first-order valence-electron chi connectivity index (χ1n) is 5.36. The van der Waals surface area contributed by atoms with E-state index >= 15 is 0 Å².